The molecule has 0 N–H and O–H groups in total. The van der Waals surface area contributed by atoms with E-state index >= 15 is 0 Å². The van der Waals surface area contributed by atoms with Crippen molar-refractivity contribution in [1.29, 1.82) is 0 Å². The number of carbonyl (C=O) groups excluding carboxylic acids is 1. The first kappa shape index (κ1) is 18.4. The van der Waals surface area contributed by atoms with Crippen LogP contribution in [0, 0.1) is 6.92 Å². The molecule has 0 bridgehead atoms. The molecule has 1 spiro atoms. The Labute approximate surface area is 149 Å². The Bertz CT molecular complexity index is 739. The normalized spacial score (nSPS) is 21.4. The van der Waals surface area contributed by atoms with Gasteiger partial charge in [-0.15, -0.1) is 0 Å². The third-order valence-electron chi connectivity index (χ3n) is 5.16. The second-order valence-electron chi connectivity index (χ2n) is 7.12. The fraction of sp³-hybridized carbons (Fsp3) is 0.611. The van der Waals surface area contributed by atoms with E-state index in [1.807, 2.05) is 31.2 Å². The number of nitrogens with zero attached hydrogens (tertiary/aromatic N) is 2. The summed E-state index contributed by atoms with van der Waals surface area (Å²) in [5.74, 6) is 0.0826. The SMILES string of the molecule is CC(=O)N1CCC2(CC1)CN(S(=O)(=O)Cc1cccc(C)c1)CCO2. The van der Waals surface area contributed by atoms with E-state index in [0.717, 1.165) is 11.1 Å². The van der Waals surface area contributed by atoms with Crippen LogP contribution in [0.4, 0.5) is 0 Å². The summed E-state index contributed by atoms with van der Waals surface area (Å²) in [5.41, 5.74) is 1.42. The lowest BCUT2D eigenvalue weighted by Gasteiger charge is -2.46. The maximum Gasteiger partial charge on any atom is 0.219 e. The van der Waals surface area contributed by atoms with Gasteiger partial charge in [-0.25, -0.2) is 8.42 Å². The van der Waals surface area contributed by atoms with E-state index in [2.05, 4.69) is 0 Å². The molecule has 0 unspecified atom stereocenters. The largest absolute Gasteiger partial charge is 0.372 e. The van der Waals surface area contributed by atoms with Gasteiger partial charge in [0.2, 0.25) is 15.9 Å². The maximum absolute atomic E-state index is 12.9. The molecule has 0 radical (unpaired) electrons. The van der Waals surface area contributed by atoms with Gasteiger partial charge in [-0.2, -0.15) is 4.31 Å². The van der Waals surface area contributed by atoms with Crippen molar-refractivity contribution >= 4 is 15.9 Å². The molecule has 25 heavy (non-hydrogen) atoms. The second kappa shape index (κ2) is 7.05. The number of morpholine rings is 1. The van der Waals surface area contributed by atoms with Crippen molar-refractivity contribution in [3.8, 4) is 0 Å². The van der Waals surface area contributed by atoms with E-state index in [0.29, 0.717) is 45.6 Å². The zero-order valence-electron chi connectivity index (χ0n) is 14.9. The lowest BCUT2D eigenvalue weighted by Crippen LogP contribution is -2.58. The maximum atomic E-state index is 12.9. The highest BCUT2D eigenvalue weighted by atomic mass is 32.2. The van der Waals surface area contributed by atoms with Crippen LogP contribution >= 0.6 is 0 Å². The molecular weight excluding hydrogens is 340 g/mol. The fourth-order valence-electron chi connectivity index (χ4n) is 3.68. The van der Waals surface area contributed by atoms with Gasteiger partial charge in [0, 0.05) is 33.1 Å². The molecule has 7 heteroatoms. The molecule has 2 aliphatic rings. The van der Waals surface area contributed by atoms with Crippen LogP contribution in [0.1, 0.15) is 30.9 Å². The summed E-state index contributed by atoms with van der Waals surface area (Å²) in [7, 11) is -3.39. The Morgan fingerprint density at radius 3 is 2.60 bits per heavy atom. The van der Waals surface area contributed by atoms with Gasteiger partial charge in [-0.1, -0.05) is 29.8 Å². The average molecular weight is 366 g/mol. The lowest BCUT2D eigenvalue weighted by molar-refractivity contribution is -0.142. The van der Waals surface area contributed by atoms with Crippen molar-refractivity contribution in [2.45, 2.75) is 38.0 Å². The van der Waals surface area contributed by atoms with Crippen LogP contribution in [-0.2, 0) is 25.3 Å². The summed E-state index contributed by atoms with van der Waals surface area (Å²) in [6, 6.07) is 7.62. The summed E-state index contributed by atoms with van der Waals surface area (Å²) in [5, 5.41) is 0. The van der Waals surface area contributed by atoms with Crippen LogP contribution in [0.5, 0.6) is 0 Å². The zero-order valence-corrected chi connectivity index (χ0v) is 15.7. The molecule has 3 rings (SSSR count). The smallest absolute Gasteiger partial charge is 0.219 e. The molecule has 0 aromatic heterocycles. The lowest BCUT2D eigenvalue weighted by atomic mass is 9.90. The van der Waals surface area contributed by atoms with E-state index in [1.165, 1.54) is 0 Å². The van der Waals surface area contributed by atoms with Crippen molar-refractivity contribution in [2.24, 2.45) is 0 Å². The van der Waals surface area contributed by atoms with Gasteiger partial charge < -0.3 is 9.64 Å². The number of carbonyl (C=O) groups is 1. The number of hydrogen-bond donors (Lipinski definition) is 0. The minimum absolute atomic E-state index is 0.0182. The first-order valence-corrected chi connectivity index (χ1v) is 10.3. The molecule has 0 atom stereocenters. The number of piperidine rings is 1. The molecule has 1 aromatic rings. The van der Waals surface area contributed by atoms with Crippen molar-refractivity contribution in [1.82, 2.24) is 9.21 Å². The minimum atomic E-state index is -3.39. The number of likely N-dealkylation sites (tertiary alicyclic amines) is 1. The van der Waals surface area contributed by atoms with Crippen LogP contribution in [0.15, 0.2) is 24.3 Å². The van der Waals surface area contributed by atoms with Gasteiger partial charge in [0.15, 0.2) is 0 Å². The highest BCUT2D eigenvalue weighted by Crippen LogP contribution is 2.31. The Balaban J connectivity index is 1.69. The van der Waals surface area contributed by atoms with Crippen molar-refractivity contribution < 1.29 is 17.9 Å². The molecule has 6 nitrogen and oxygen atoms in total. The zero-order chi connectivity index (χ0) is 18.1. The number of aryl methyl sites for hydroxylation is 1. The molecule has 2 aliphatic heterocycles. The first-order valence-electron chi connectivity index (χ1n) is 8.73. The summed E-state index contributed by atoms with van der Waals surface area (Å²) < 4.78 is 33.3. The Morgan fingerprint density at radius 1 is 1.24 bits per heavy atom. The fourth-order valence-corrected chi connectivity index (χ4v) is 5.25. The van der Waals surface area contributed by atoms with E-state index in [1.54, 1.807) is 16.1 Å². The van der Waals surface area contributed by atoms with Gasteiger partial charge in [-0.3, -0.25) is 4.79 Å². The van der Waals surface area contributed by atoms with Gasteiger partial charge in [0.1, 0.15) is 0 Å². The van der Waals surface area contributed by atoms with Gasteiger partial charge >= 0.3 is 0 Å². The highest BCUT2D eigenvalue weighted by Gasteiger charge is 2.43. The van der Waals surface area contributed by atoms with E-state index in [4.69, 9.17) is 4.74 Å². The van der Waals surface area contributed by atoms with Crippen LogP contribution in [0.3, 0.4) is 0 Å². The Morgan fingerprint density at radius 2 is 1.96 bits per heavy atom. The minimum Gasteiger partial charge on any atom is -0.372 e. The number of benzene rings is 1. The number of sulfonamides is 1. The van der Waals surface area contributed by atoms with Crippen molar-refractivity contribution in [3.63, 3.8) is 0 Å². The van der Waals surface area contributed by atoms with Crippen LogP contribution < -0.4 is 0 Å². The summed E-state index contributed by atoms with van der Waals surface area (Å²) in [6.45, 7) is 5.97. The highest BCUT2D eigenvalue weighted by molar-refractivity contribution is 7.88. The summed E-state index contributed by atoms with van der Waals surface area (Å²) >= 11 is 0. The average Bonchev–Trinajstić information content (AvgIpc) is 2.55. The molecule has 2 fully saturated rings. The van der Waals surface area contributed by atoms with Crippen LogP contribution in [0.2, 0.25) is 0 Å². The molecule has 2 saturated heterocycles. The van der Waals surface area contributed by atoms with E-state index in [9.17, 15) is 13.2 Å². The van der Waals surface area contributed by atoms with Crippen LogP contribution in [0.25, 0.3) is 0 Å². The molecule has 0 aliphatic carbocycles. The third-order valence-corrected chi connectivity index (χ3v) is 6.95. The predicted octanol–water partition coefficient (Wildman–Crippen LogP) is 1.54. The molecule has 138 valence electrons. The second-order valence-corrected chi connectivity index (χ2v) is 9.09. The van der Waals surface area contributed by atoms with Gasteiger partial charge in [-0.05, 0) is 25.3 Å². The monoisotopic (exact) mass is 366 g/mol. The first-order chi connectivity index (χ1) is 11.8. The standard InChI is InChI=1S/C18H26N2O4S/c1-15-4-3-5-17(12-15)13-25(22,23)20-10-11-24-18(14-20)6-8-19(9-7-18)16(2)21/h3-5,12H,6-11,13-14H2,1-2H3. The number of ether oxygens (including phenoxy) is 1. The quantitative estimate of drug-likeness (QED) is 0.814. The Kier molecular flexibility index (Phi) is 5.18. The Hall–Kier alpha value is -1.44. The van der Waals surface area contributed by atoms with Crippen molar-refractivity contribution in [3.05, 3.63) is 35.4 Å². The molecule has 1 amide bonds. The van der Waals surface area contributed by atoms with E-state index in [-0.39, 0.29) is 11.7 Å². The summed E-state index contributed by atoms with van der Waals surface area (Å²) in [4.78, 5) is 13.3. The molecule has 0 saturated carbocycles. The van der Waals surface area contributed by atoms with Gasteiger partial charge in [0.25, 0.3) is 0 Å². The number of rotatable bonds is 3. The number of amides is 1. The topological polar surface area (TPSA) is 66.9 Å². The molecule has 2 heterocycles. The van der Waals surface area contributed by atoms with Crippen molar-refractivity contribution in [2.75, 3.05) is 32.8 Å². The summed E-state index contributed by atoms with van der Waals surface area (Å²) in [6.07, 6.45) is 1.37. The van der Waals surface area contributed by atoms with E-state index < -0.39 is 15.6 Å². The van der Waals surface area contributed by atoms with Crippen LogP contribution in [-0.4, -0.2) is 61.9 Å². The third kappa shape index (κ3) is 4.22. The molecular formula is C18H26N2O4S. The predicted molar refractivity (Wildman–Crippen MR) is 95.5 cm³/mol. The molecule has 1 aromatic carbocycles. The number of hydrogen-bond acceptors (Lipinski definition) is 4. The van der Waals surface area contributed by atoms with Gasteiger partial charge in [0.05, 0.1) is 18.0 Å².